The fourth-order valence-electron chi connectivity index (χ4n) is 3.65. The van der Waals surface area contributed by atoms with Gasteiger partial charge in [0.2, 0.25) is 5.91 Å². The van der Waals surface area contributed by atoms with E-state index in [2.05, 4.69) is 15.5 Å². The number of anilines is 2. The van der Waals surface area contributed by atoms with E-state index < -0.39 is 6.04 Å². The first-order valence-electron chi connectivity index (χ1n) is 10.8. The summed E-state index contributed by atoms with van der Waals surface area (Å²) in [6, 6.07) is 12.4. The number of hydrogen-bond acceptors (Lipinski definition) is 6. The Balaban J connectivity index is 1.47. The van der Waals surface area contributed by atoms with Crippen LogP contribution in [0.4, 0.5) is 10.8 Å². The molecule has 2 amide bonds. The molecule has 0 saturated carbocycles. The van der Waals surface area contributed by atoms with Crippen LogP contribution in [-0.2, 0) is 9.53 Å². The van der Waals surface area contributed by atoms with Gasteiger partial charge in [-0.1, -0.05) is 42.9 Å². The lowest BCUT2D eigenvalue weighted by atomic mass is 10.0. The lowest BCUT2D eigenvalue weighted by molar-refractivity contribution is -0.118. The van der Waals surface area contributed by atoms with E-state index in [0.29, 0.717) is 24.5 Å². The minimum atomic E-state index is -0.649. The monoisotopic (exact) mass is 452 g/mol. The zero-order chi connectivity index (χ0) is 22.7. The maximum Gasteiger partial charge on any atom is 0.251 e. The molecule has 3 aromatic rings. The fourth-order valence-corrected chi connectivity index (χ4v) is 4.70. The van der Waals surface area contributed by atoms with Gasteiger partial charge in [0.05, 0.1) is 23.4 Å². The van der Waals surface area contributed by atoms with Crippen LogP contribution in [0.25, 0.3) is 10.2 Å². The zero-order valence-corrected chi connectivity index (χ0v) is 19.4. The van der Waals surface area contributed by atoms with Gasteiger partial charge in [-0.2, -0.15) is 0 Å². The number of thiazole rings is 1. The molecule has 0 radical (unpaired) electrons. The van der Waals surface area contributed by atoms with Crippen LogP contribution < -0.4 is 15.5 Å². The van der Waals surface area contributed by atoms with E-state index in [4.69, 9.17) is 9.72 Å². The number of benzene rings is 2. The molecule has 0 unspecified atom stereocenters. The highest BCUT2D eigenvalue weighted by Crippen LogP contribution is 2.31. The SMILES string of the molecule is Cc1cccc(C(=O)N[C@H](C(=O)Nc2ccc3nc(N4CCOCC4)sc3c2)C(C)C)c1. The molecule has 1 saturated heterocycles. The van der Waals surface area contributed by atoms with Crippen molar-refractivity contribution in [1.29, 1.82) is 0 Å². The van der Waals surface area contributed by atoms with Crippen molar-refractivity contribution in [2.24, 2.45) is 5.92 Å². The smallest absolute Gasteiger partial charge is 0.251 e. The first-order chi connectivity index (χ1) is 15.4. The van der Waals surface area contributed by atoms with Crippen LogP contribution in [0.2, 0.25) is 0 Å². The maximum absolute atomic E-state index is 13.0. The second-order valence-corrected chi connectivity index (χ2v) is 9.34. The standard InChI is InChI=1S/C24H28N4O3S/c1-15(2)21(27-22(29)17-6-4-5-16(3)13-17)23(30)25-18-7-8-19-20(14-18)32-24(26-19)28-9-11-31-12-10-28/h4-8,13-15,21H,9-12H2,1-3H3,(H,25,30)(H,27,29)/t21-/m0/s1. The molecule has 32 heavy (non-hydrogen) atoms. The number of carbonyl (C=O) groups excluding carboxylic acids is 2. The molecule has 0 aliphatic carbocycles. The third kappa shape index (κ3) is 5.08. The molecule has 1 aliphatic heterocycles. The summed E-state index contributed by atoms with van der Waals surface area (Å²) in [5, 5.41) is 6.82. The first-order valence-corrected chi connectivity index (χ1v) is 11.6. The Morgan fingerprint density at radius 3 is 2.62 bits per heavy atom. The molecule has 7 nitrogen and oxygen atoms in total. The summed E-state index contributed by atoms with van der Waals surface area (Å²) >= 11 is 1.61. The molecule has 1 aromatic heterocycles. The van der Waals surface area contributed by atoms with Gasteiger partial charge in [-0.25, -0.2) is 4.98 Å². The molecule has 2 N–H and O–H groups in total. The molecular formula is C24H28N4O3S. The van der Waals surface area contributed by atoms with Crippen LogP contribution in [0.3, 0.4) is 0 Å². The van der Waals surface area contributed by atoms with E-state index in [-0.39, 0.29) is 17.7 Å². The van der Waals surface area contributed by atoms with Gasteiger partial charge >= 0.3 is 0 Å². The summed E-state index contributed by atoms with van der Waals surface area (Å²) in [6.07, 6.45) is 0. The normalized spacial score (nSPS) is 15.1. The number of aromatic nitrogens is 1. The third-order valence-electron chi connectivity index (χ3n) is 5.44. The highest BCUT2D eigenvalue weighted by molar-refractivity contribution is 7.22. The second-order valence-electron chi connectivity index (χ2n) is 8.33. The summed E-state index contributed by atoms with van der Waals surface area (Å²) < 4.78 is 6.43. The van der Waals surface area contributed by atoms with Gasteiger partial charge in [-0.05, 0) is 43.2 Å². The van der Waals surface area contributed by atoms with Gasteiger partial charge in [0, 0.05) is 24.3 Å². The second kappa shape index (κ2) is 9.67. The van der Waals surface area contributed by atoms with E-state index in [9.17, 15) is 9.59 Å². The Morgan fingerprint density at radius 1 is 1.12 bits per heavy atom. The van der Waals surface area contributed by atoms with E-state index >= 15 is 0 Å². The number of fused-ring (bicyclic) bond motifs is 1. The first kappa shape index (κ1) is 22.2. The number of ether oxygens (including phenoxy) is 1. The van der Waals surface area contributed by atoms with Gasteiger partial charge in [0.1, 0.15) is 6.04 Å². The Morgan fingerprint density at radius 2 is 1.91 bits per heavy atom. The van der Waals surface area contributed by atoms with Gasteiger partial charge in [-0.15, -0.1) is 0 Å². The number of hydrogen-bond donors (Lipinski definition) is 2. The van der Waals surface area contributed by atoms with Crippen LogP contribution in [-0.4, -0.2) is 49.1 Å². The number of nitrogens with one attached hydrogen (secondary N) is 2. The van der Waals surface area contributed by atoms with Crippen LogP contribution in [0.1, 0.15) is 29.8 Å². The summed E-state index contributed by atoms with van der Waals surface area (Å²) in [4.78, 5) is 32.6. The number of nitrogens with zero attached hydrogens (tertiary/aromatic N) is 2. The largest absolute Gasteiger partial charge is 0.378 e. The molecule has 0 bridgehead atoms. The lowest BCUT2D eigenvalue weighted by Gasteiger charge is -2.25. The van der Waals surface area contributed by atoms with Crippen LogP contribution in [0.5, 0.6) is 0 Å². The zero-order valence-electron chi connectivity index (χ0n) is 18.6. The molecule has 0 spiro atoms. The van der Waals surface area contributed by atoms with E-state index in [1.807, 2.05) is 57.2 Å². The van der Waals surface area contributed by atoms with E-state index in [1.165, 1.54) is 0 Å². The number of morpholine rings is 1. The maximum atomic E-state index is 13.0. The molecular weight excluding hydrogens is 424 g/mol. The number of carbonyl (C=O) groups is 2. The van der Waals surface area contributed by atoms with Crippen molar-refractivity contribution in [3.63, 3.8) is 0 Å². The quantitative estimate of drug-likeness (QED) is 0.594. The molecule has 168 valence electrons. The molecule has 1 atom stereocenters. The number of amides is 2. The van der Waals surface area contributed by atoms with Crippen molar-refractivity contribution in [2.45, 2.75) is 26.8 Å². The Kier molecular flexibility index (Phi) is 6.72. The minimum absolute atomic E-state index is 0.0659. The summed E-state index contributed by atoms with van der Waals surface area (Å²) in [7, 11) is 0. The highest BCUT2D eigenvalue weighted by Gasteiger charge is 2.25. The minimum Gasteiger partial charge on any atom is -0.378 e. The van der Waals surface area contributed by atoms with Crippen LogP contribution in [0.15, 0.2) is 42.5 Å². The van der Waals surface area contributed by atoms with Gasteiger partial charge in [-0.3, -0.25) is 9.59 Å². The van der Waals surface area contributed by atoms with E-state index in [0.717, 1.165) is 34.0 Å². The topological polar surface area (TPSA) is 83.6 Å². The van der Waals surface area contributed by atoms with Crippen LogP contribution >= 0.6 is 11.3 Å². The molecule has 1 aliphatic rings. The summed E-state index contributed by atoms with van der Waals surface area (Å²) in [6.45, 7) is 8.86. The van der Waals surface area contributed by atoms with Crippen LogP contribution in [0, 0.1) is 12.8 Å². The number of aryl methyl sites for hydroxylation is 1. The third-order valence-corrected chi connectivity index (χ3v) is 6.52. The molecule has 8 heteroatoms. The van der Waals surface area contributed by atoms with Crippen molar-refractivity contribution < 1.29 is 14.3 Å². The molecule has 4 rings (SSSR count). The Bertz CT molecular complexity index is 1120. The lowest BCUT2D eigenvalue weighted by Crippen LogP contribution is -2.47. The summed E-state index contributed by atoms with van der Waals surface area (Å²) in [5.41, 5.74) is 3.14. The predicted octanol–water partition coefficient (Wildman–Crippen LogP) is 3.83. The molecule has 1 fully saturated rings. The number of rotatable bonds is 6. The molecule has 2 aromatic carbocycles. The van der Waals surface area contributed by atoms with Gasteiger partial charge in [0.15, 0.2) is 5.13 Å². The highest BCUT2D eigenvalue weighted by atomic mass is 32.1. The predicted molar refractivity (Wildman–Crippen MR) is 129 cm³/mol. The Labute approximate surface area is 191 Å². The van der Waals surface area contributed by atoms with Crippen molar-refractivity contribution in [1.82, 2.24) is 10.3 Å². The Hall–Kier alpha value is -2.97. The summed E-state index contributed by atoms with van der Waals surface area (Å²) in [5.74, 6) is -0.558. The average Bonchev–Trinajstić information content (AvgIpc) is 3.21. The van der Waals surface area contributed by atoms with Crippen molar-refractivity contribution in [3.05, 3.63) is 53.6 Å². The van der Waals surface area contributed by atoms with Crippen molar-refractivity contribution in [2.75, 3.05) is 36.5 Å². The van der Waals surface area contributed by atoms with Crippen molar-refractivity contribution >= 4 is 44.2 Å². The van der Waals surface area contributed by atoms with Gasteiger partial charge in [0.25, 0.3) is 5.91 Å². The average molecular weight is 453 g/mol. The molecule has 2 heterocycles. The van der Waals surface area contributed by atoms with Gasteiger partial charge < -0.3 is 20.3 Å². The van der Waals surface area contributed by atoms with Crippen molar-refractivity contribution in [3.8, 4) is 0 Å². The fraction of sp³-hybridized carbons (Fsp3) is 0.375. The van der Waals surface area contributed by atoms with E-state index in [1.54, 1.807) is 17.4 Å².